The maximum Gasteiger partial charge on any atom is 0.264 e. The van der Waals surface area contributed by atoms with E-state index in [4.69, 9.17) is 23.2 Å². The average Bonchev–Trinajstić information content (AvgIpc) is 2.82. The molecular formula is C16H15Cl2NO6S2. The molecule has 0 unspecified atom stereocenters. The summed E-state index contributed by atoms with van der Waals surface area (Å²) in [5, 5.41) is 20.2. The van der Waals surface area contributed by atoms with Gasteiger partial charge in [-0.3, -0.25) is 4.31 Å². The fourth-order valence-corrected chi connectivity index (χ4v) is 6.85. The largest absolute Gasteiger partial charge is 0.508 e. The van der Waals surface area contributed by atoms with Crippen LogP contribution in [0.2, 0.25) is 10.0 Å². The molecule has 146 valence electrons. The number of phenolic OH excluding ortho intramolecular Hbond substituents is 1. The number of benzene rings is 2. The first-order valence-electron chi connectivity index (χ1n) is 7.68. The number of hydrogen-bond donors (Lipinski definition) is 2. The second-order valence-electron chi connectivity index (χ2n) is 6.11. The van der Waals surface area contributed by atoms with Gasteiger partial charge in [0.2, 0.25) is 0 Å². The number of aromatic hydroxyl groups is 1. The summed E-state index contributed by atoms with van der Waals surface area (Å²) >= 11 is 11.8. The predicted octanol–water partition coefficient (Wildman–Crippen LogP) is 2.05. The van der Waals surface area contributed by atoms with E-state index in [1.807, 2.05) is 0 Å². The highest BCUT2D eigenvalue weighted by atomic mass is 35.5. The van der Waals surface area contributed by atoms with Crippen LogP contribution in [0.4, 0.5) is 5.69 Å². The van der Waals surface area contributed by atoms with E-state index in [0.29, 0.717) is 0 Å². The van der Waals surface area contributed by atoms with Crippen molar-refractivity contribution in [3.05, 3.63) is 52.5 Å². The molecule has 2 aromatic carbocycles. The van der Waals surface area contributed by atoms with Crippen molar-refractivity contribution in [2.24, 2.45) is 0 Å². The van der Waals surface area contributed by atoms with Crippen LogP contribution in [-0.4, -0.2) is 50.7 Å². The molecule has 0 bridgehead atoms. The zero-order valence-electron chi connectivity index (χ0n) is 13.7. The van der Waals surface area contributed by atoms with Gasteiger partial charge in [0.15, 0.2) is 9.84 Å². The summed E-state index contributed by atoms with van der Waals surface area (Å²) in [6, 6.07) is 7.75. The third-order valence-corrected chi connectivity index (χ3v) is 8.41. The summed E-state index contributed by atoms with van der Waals surface area (Å²) in [6.45, 7) is 0. The number of nitrogens with zero attached hydrogens (tertiary/aromatic N) is 1. The SMILES string of the molecule is O=S1(=O)C[C@@H](N(c2cccc(O)c2)S(=O)(=O)c2ccc(Cl)c(Cl)c2)[C@@H](O)C1. The summed E-state index contributed by atoms with van der Waals surface area (Å²) in [5.41, 5.74) is 0.0159. The van der Waals surface area contributed by atoms with Crippen molar-refractivity contribution in [3.63, 3.8) is 0 Å². The molecule has 2 aromatic rings. The lowest BCUT2D eigenvalue weighted by Crippen LogP contribution is -2.47. The van der Waals surface area contributed by atoms with E-state index < -0.39 is 43.5 Å². The number of halogens is 2. The van der Waals surface area contributed by atoms with Gasteiger partial charge in [-0.05, 0) is 30.3 Å². The number of phenols is 1. The van der Waals surface area contributed by atoms with Crippen LogP contribution in [0.1, 0.15) is 0 Å². The molecule has 1 aliphatic rings. The van der Waals surface area contributed by atoms with Crippen LogP contribution in [0.25, 0.3) is 0 Å². The lowest BCUT2D eigenvalue weighted by Gasteiger charge is -2.31. The summed E-state index contributed by atoms with van der Waals surface area (Å²) in [5.74, 6) is -1.31. The highest BCUT2D eigenvalue weighted by Gasteiger charge is 2.45. The standard InChI is InChI=1S/C16H15Cl2NO6S2/c17-13-5-4-12(7-14(13)18)27(24,25)19(10-2-1-3-11(20)6-10)15-8-26(22,23)9-16(15)21/h1-7,15-16,20-21H,8-9H2/t15-,16+/m1/s1. The molecule has 0 amide bonds. The second-order valence-corrected chi connectivity index (χ2v) is 10.9. The van der Waals surface area contributed by atoms with Gasteiger partial charge < -0.3 is 10.2 Å². The summed E-state index contributed by atoms with van der Waals surface area (Å²) < 4.78 is 51.3. The van der Waals surface area contributed by atoms with Gasteiger partial charge in [-0.1, -0.05) is 29.3 Å². The van der Waals surface area contributed by atoms with Crippen molar-refractivity contribution >= 4 is 48.7 Å². The molecule has 2 atom stereocenters. The molecule has 1 aliphatic heterocycles. The first-order chi connectivity index (χ1) is 12.5. The lowest BCUT2D eigenvalue weighted by molar-refractivity contribution is 0.184. The Morgan fingerprint density at radius 1 is 1.04 bits per heavy atom. The highest BCUT2D eigenvalue weighted by Crippen LogP contribution is 2.34. The summed E-state index contributed by atoms with van der Waals surface area (Å²) in [4.78, 5) is -0.225. The van der Waals surface area contributed by atoms with E-state index in [-0.39, 0.29) is 26.4 Å². The van der Waals surface area contributed by atoms with Crippen molar-refractivity contribution in [3.8, 4) is 5.75 Å². The minimum Gasteiger partial charge on any atom is -0.508 e. The van der Waals surface area contributed by atoms with Crippen LogP contribution < -0.4 is 4.31 Å². The van der Waals surface area contributed by atoms with Crippen LogP contribution in [0.5, 0.6) is 5.75 Å². The Labute approximate surface area is 166 Å². The van der Waals surface area contributed by atoms with Crippen molar-refractivity contribution in [1.82, 2.24) is 0 Å². The molecule has 11 heteroatoms. The molecule has 0 radical (unpaired) electrons. The molecule has 27 heavy (non-hydrogen) atoms. The number of rotatable bonds is 4. The zero-order chi connectivity index (χ0) is 20.0. The second kappa shape index (κ2) is 7.14. The van der Waals surface area contributed by atoms with Gasteiger partial charge in [0.05, 0.1) is 44.3 Å². The maximum atomic E-state index is 13.3. The van der Waals surface area contributed by atoms with E-state index in [2.05, 4.69) is 0 Å². The predicted molar refractivity (Wildman–Crippen MR) is 103 cm³/mol. The Hall–Kier alpha value is -1.52. The maximum absolute atomic E-state index is 13.3. The number of aliphatic hydroxyl groups excluding tert-OH is 1. The molecule has 3 rings (SSSR count). The lowest BCUT2D eigenvalue weighted by atomic mass is 10.2. The molecule has 1 saturated heterocycles. The van der Waals surface area contributed by atoms with Gasteiger partial charge in [0.1, 0.15) is 5.75 Å². The first kappa shape index (κ1) is 20.2. The molecule has 0 saturated carbocycles. The monoisotopic (exact) mass is 451 g/mol. The van der Waals surface area contributed by atoms with Crippen LogP contribution in [0.3, 0.4) is 0 Å². The highest BCUT2D eigenvalue weighted by molar-refractivity contribution is 7.93. The molecule has 1 heterocycles. The number of anilines is 1. The number of sulfonamides is 1. The quantitative estimate of drug-likeness (QED) is 0.735. The van der Waals surface area contributed by atoms with E-state index in [0.717, 1.165) is 10.4 Å². The minimum atomic E-state index is -4.32. The molecule has 0 aliphatic carbocycles. The van der Waals surface area contributed by atoms with Gasteiger partial charge in [0, 0.05) is 6.07 Å². The van der Waals surface area contributed by atoms with Crippen LogP contribution >= 0.6 is 23.2 Å². The van der Waals surface area contributed by atoms with Gasteiger partial charge in [-0.2, -0.15) is 0 Å². The van der Waals surface area contributed by atoms with Crippen LogP contribution in [-0.2, 0) is 19.9 Å². The van der Waals surface area contributed by atoms with Gasteiger partial charge in [-0.15, -0.1) is 0 Å². The number of sulfone groups is 1. The van der Waals surface area contributed by atoms with E-state index >= 15 is 0 Å². The van der Waals surface area contributed by atoms with E-state index in [1.165, 1.54) is 36.4 Å². The third kappa shape index (κ3) is 4.02. The van der Waals surface area contributed by atoms with Gasteiger partial charge >= 0.3 is 0 Å². The smallest absolute Gasteiger partial charge is 0.264 e. The molecule has 1 fully saturated rings. The fraction of sp³-hybridized carbons (Fsp3) is 0.250. The molecular weight excluding hydrogens is 437 g/mol. The molecule has 0 aromatic heterocycles. The van der Waals surface area contributed by atoms with Crippen molar-refractivity contribution in [2.75, 3.05) is 15.8 Å². The Balaban J connectivity index is 2.19. The van der Waals surface area contributed by atoms with Crippen LogP contribution in [0, 0.1) is 0 Å². The van der Waals surface area contributed by atoms with Gasteiger partial charge in [0.25, 0.3) is 10.0 Å². The topological polar surface area (TPSA) is 112 Å². The first-order valence-corrected chi connectivity index (χ1v) is 11.7. The van der Waals surface area contributed by atoms with Crippen molar-refractivity contribution in [1.29, 1.82) is 0 Å². The average molecular weight is 452 g/mol. The third-order valence-electron chi connectivity index (χ3n) is 4.13. The Morgan fingerprint density at radius 3 is 2.30 bits per heavy atom. The minimum absolute atomic E-state index is 0.00759. The Bertz CT molecular complexity index is 1090. The Kier molecular flexibility index (Phi) is 5.35. The molecule has 7 nitrogen and oxygen atoms in total. The molecule has 0 spiro atoms. The number of aliphatic hydroxyl groups is 1. The van der Waals surface area contributed by atoms with E-state index in [1.54, 1.807) is 0 Å². The van der Waals surface area contributed by atoms with Crippen LogP contribution in [0.15, 0.2) is 47.4 Å². The summed E-state index contributed by atoms with van der Waals surface area (Å²) in [7, 11) is -7.95. The van der Waals surface area contributed by atoms with E-state index in [9.17, 15) is 27.0 Å². The molecule has 2 N–H and O–H groups in total. The zero-order valence-corrected chi connectivity index (χ0v) is 16.8. The summed E-state index contributed by atoms with van der Waals surface area (Å²) in [6.07, 6.45) is -1.42. The number of hydrogen-bond acceptors (Lipinski definition) is 6. The normalized spacial score (nSPS) is 21.9. The Morgan fingerprint density at radius 2 is 1.74 bits per heavy atom. The van der Waals surface area contributed by atoms with Crippen molar-refractivity contribution in [2.45, 2.75) is 17.0 Å². The van der Waals surface area contributed by atoms with Gasteiger partial charge in [-0.25, -0.2) is 16.8 Å². The van der Waals surface area contributed by atoms with Crippen molar-refractivity contribution < 1.29 is 27.0 Å². The fourth-order valence-electron chi connectivity index (χ4n) is 2.92.